The molecule has 1 fully saturated rings. The maximum Gasteiger partial charge on any atom is 0.245 e. The molecule has 3 atom stereocenters. The van der Waals surface area contributed by atoms with E-state index in [1.54, 1.807) is 11.8 Å². The number of piperazine rings is 1. The van der Waals surface area contributed by atoms with Crippen molar-refractivity contribution in [3.8, 4) is 0 Å². The molecule has 0 aromatic heterocycles. The molecule has 1 N–H and O–H groups in total. The molecule has 1 aliphatic heterocycles. The first-order valence-electron chi connectivity index (χ1n) is 7.56. The molecule has 1 rings (SSSR count). The molecule has 0 aromatic carbocycles. The Balaban J connectivity index is 2.84. The molecule has 5 heteroatoms. The van der Waals surface area contributed by atoms with Gasteiger partial charge in [-0.25, -0.2) is 0 Å². The van der Waals surface area contributed by atoms with E-state index in [0.717, 1.165) is 19.3 Å². The Morgan fingerprint density at radius 2 is 1.95 bits per heavy atom. The summed E-state index contributed by atoms with van der Waals surface area (Å²) in [4.78, 5) is 26.7. The third-order valence-electron chi connectivity index (χ3n) is 3.89. The van der Waals surface area contributed by atoms with Crippen LogP contribution in [0.4, 0.5) is 0 Å². The lowest BCUT2D eigenvalue weighted by molar-refractivity contribution is -0.151. The smallest absolute Gasteiger partial charge is 0.245 e. The number of carbonyl (C=O) groups excluding carboxylic acids is 2. The molecular weight excluding hydrogens is 272 g/mol. The first-order chi connectivity index (χ1) is 9.42. The van der Waals surface area contributed by atoms with Crippen LogP contribution < -0.4 is 5.32 Å². The molecule has 0 saturated carbocycles. The molecule has 0 aromatic rings. The Hall–Kier alpha value is -0.710. The first kappa shape index (κ1) is 17.3. The second kappa shape index (κ2) is 7.91. The van der Waals surface area contributed by atoms with Crippen molar-refractivity contribution in [3.05, 3.63) is 0 Å². The van der Waals surface area contributed by atoms with Gasteiger partial charge in [0.25, 0.3) is 0 Å². The van der Waals surface area contributed by atoms with Crippen LogP contribution in [0, 0.1) is 5.92 Å². The summed E-state index contributed by atoms with van der Waals surface area (Å²) in [6.45, 7) is 8.88. The van der Waals surface area contributed by atoms with Crippen LogP contribution in [0.15, 0.2) is 0 Å². The Labute approximate surface area is 127 Å². The van der Waals surface area contributed by atoms with E-state index in [9.17, 15) is 9.59 Å². The largest absolute Gasteiger partial charge is 0.342 e. The van der Waals surface area contributed by atoms with Crippen LogP contribution in [-0.4, -0.2) is 46.8 Å². The summed E-state index contributed by atoms with van der Waals surface area (Å²) in [5.41, 5.74) is 0. The first-order valence-corrected chi connectivity index (χ1v) is 8.84. The molecule has 1 aliphatic rings. The van der Waals surface area contributed by atoms with E-state index in [4.69, 9.17) is 0 Å². The van der Waals surface area contributed by atoms with Crippen LogP contribution in [-0.2, 0) is 9.59 Å². The van der Waals surface area contributed by atoms with Crippen molar-refractivity contribution < 1.29 is 9.59 Å². The monoisotopic (exact) mass is 300 g/mol. The zero-order valence-electron chi connectivity index (χ0n) is 13.3. The van der Waals surface area contributed by atoms with E-state index in [0.29, 0.717) is 11.8 Å². The number of carbonyl (C=O) groups is 2. The van der Waals surface area contributed by atoms with E-state index in [1.807, 2.05) is 25.7 Å². The topological polar surface area (TPSA) is 49.4 Å². The highest BCUT2D eigenvalue weighted by Crippen LogP contribution is 2.21. The quantitative estimate of drug-likeness (QED) is 0.785. The van der Waals surface area contributed by atoms with Crippen molar-refractivity contribution in [2.24, 2.45) is 5.92 Å². The zero-order chi connectivity index (χ0) is 15.3. The van der Waals surface area contributed by atoms with Gasteiger partial charge in [0, 0.05) is 11.8 Å². The van der Waals surface area contributed by atoms with Crippen molar-refractivity contribution in [2.45, 2.75) is 64.3 Å². The van der Waals surface area contributed by atoms with Crippen molar-refractivity contribution in [1.29, 1.82) is 0 Å². The average molecular weight is 300 g/mol. The molecule has 0 bridgehead atoms. The second-order valence-electron chi connectivity index (χ2n) is 5.91. The minimum Gasteiger partial charge on any atom is -0.342 e. The molecular formula is C15H28N2O2S. The maximum absolute atomic E-state index is 12.6. The van der Waals surface area contributed by atoms with E-state index in [2.05, 4.69) is 18.5 Å². The predicted octanol–water partition coefficient (Wildman–Crippen LogP) is 2.28. The Morgan fingerprint density at radius 1 is 1.30 bits per heavy atom. The Kier molecular flexibility index (Phi) is 6.86. The lowest BCUT2D eigenvalue weighted by Gasteiger charge is -2.41. The molecule has 4 nitrogen and oxygen atoms in total. The summed E-state index contributed by atoms with van der Waals surface area (Å²) >= 11 is 1.80. The van der Waals surface area contributed by atoms with Crippen LogP contribution >= 0.6 is 11.8 Å². The Bertz CT molecular complexity index is 347. The van der Waals surface area contributed by atoms with Crippen LogP contribution in [0.25, 0.3) is 0 Å². The lowest BCUT2D eigenvalue weighted by atomic mass is 9.95. The fraction of sp³-hybridized carbons (Fsp3) is 0.867. The third kappa shape index (κ3) is 4.14. The Morgan fingerprint density at radius 3 is 2.45 bits per heavy atom. The van der Waals surface area contributed by atoms with Crippen molar-refractivity contribution in [1.82, 2.24) is 10.2 Å². The van der Waals surface area contributed by atoms with Gasteiger partial charge >= 0.3 is 0 Å². The summed E-state index contributed by atoms with van der Waals surface area (Å²) in [5, 5.41) is 3.40. The van der Waals surface area contributed by atoms with Crippen molar-refractivity contribution in [3.63, 3.8) is 0 Å². The average Bonchev–Trinajstić information content (AvgIpc) is 2.39. The highest BCUT2D eigenvalue weighted by molar-refractivity contribution is 7.99. The van der Waals surface area contributed by atoms with Crippen molar-refractivity contribution in [2.75, 3.05) is 12.8 Å². The molecule has 1 heterocycles. The number of hydrogen-bond acceptors (Lipinski definition) is 3. The lowest BCUT2D eigenvalue weighted by Crippen LogP contribution is -2.64. The predicted molar refractivity (Wildman–Crippen MR) is 84.8 cm³/mol. The van der Waals surface area contributed by atoms with Gasteiger partial charge in [-0.15, -0.1) is 0 Å². The molecule has 3 unspecified atom stereocenters. The van der Waals surface area contributed by atoms with E-state index < -0.39 is 0 Å². The van der Waals surface area contributed by atoms with Gasteiger partial charge in [-0.1, -0.05) is 34.1 Å². The molecule has 20 heavy (non-hydrogen) atoms. The number of thioether (sulfide) groups is 1. The normalized spacial score (nSPS) is 25.0. The molecule has 2 amide bonds. The number of nitrogens with one attached hydrogen (secondary N) is 1. The summed E-state index contributed by atoms with van der Waals surface area (Å²) in [6.07, 6.45) is 4.64. The number of nitrogens with zero attached hydrogens (tertiary/aromatic N) is 1. The fourth-order valence-corrected chi connectivity index (χ4v) is 2.97. The maximum atomic E-state index is 12.6. The van der Waals surface area contributed by atoms with Gasteiger partial charge in [0.1, 0.15) is 12.1 Å². The standard InChI is InChI=1S/C15H28N2O2S/c1-6-7-12-15(19)17(9-8-11(4)20-5)13(10(2)3)14(18)16-12/h10-13H,6-9H2,1-5H3,(H,16,18). The SMILES string of the molecule is CCCC1NC(=O)C(C(C)C)N(CCC(C)SC)C1=O. The van der Waals surface area contributed by atoms with Crippen molar-refractivity contribution >= 4 is 23.6 Å². The minimum absolute atomic E-state index is 0.00912. The van der Waals surface area contributed by atoms with Gasteiger partial charge in [-0.2, -0.15) is 11.8 Å². The van der Waals surface area contributed by atoms with Gasteiger partial charge in [0.05, 0.1) is 0 Å². The molecule has 116 valence electrons. The zero-order valence-corrected chi connectivity index (χ0v) is 14.1. The van der Waals surface area contributed by atoms with Gasteiger partial charge in [-0.05, 0) is 25.0 Å². The fourth-order valence-electron chi connectivity index (χ4n) is 2.63. The van der Waals surface area contributed by atoms with Crippen LogP contribution in [0.1, 0.15) is 47.0 Å². The summed E-state index contributed by atoms with van der Waals surface area (Å²) in [7, 11) is 0. The van der Waals surface area contributed by atoms with Crippen LogP contribution in [0.2, 0.25) is 0 Å². The third-order valence-corrected chi connectivity index (χ3v) is 4.93. The minimum atomic E-state index is -0.327. The highest BCUT2D eigenvalue weighted by Gasteiger charge is 2.41. The molecule has 0 spiro atoms. The molecule has 0 aliphatic carbocycles. The van der Waals surface area contributed by atoms with E-state index in [1.165, 1.54) is 0 Å². The highest BCUT2D eigenvalue weighted by atomic mass is 32.2. The number of rotatable bonds is 7. The van der Waals surface area contributed by atoms with Gasteiger partial charge in [0.2, 0.25) is 11.8 Å². The number of amides is 2. The summed E-state index contributed by atoms with van der Waals surface area (Å²) < 4.78 is 0. The second-order valence-corrected chi connectivity index (χ2v) is 7.18. The van der Waals surface area contributed by atoms with Gasteiger partial charge in [-0.3, -0.25) is 9.59 Å². The molecule has 1 saturated heterocycles. The summed E-state index contributed by atoms with van der Waals surface area (Å²) in [5.74, 6) is 0.249. The van der Waals surface area contributed by atoms with Crippen LogP contribution in [0.3, 0.4) is 0 Å². The number of hydrogen-bond donors (Lipinski definition) is 1. The van der Waals surface area contributed by atoms with Gasteiger partial charge < -0.3 is 10.2 Å². The molecule has 0 radical (unpaired) electrons. The van der Waals surface area contributed by atoms with E-state index >= 15 is 0 Å². The van der Waals surface area contributed by atoms with Crippen LogP contribution in [0.5, 0.6) is 0 Å². The van der Waals surface area contributed by atoms with Gasteiger partial charge in [0.15, 0.2) is 0 Å². The van der Waals surface area contributed by atoms with E-state index in [-0.39, 0.29) is 29.8 Å². The summed E-state index contributed by atoms with van der Waals surface area (Å²) in [6, 6.07) is -0.642.